The van der Waals surface area contributed by atoms with Crippen molar-refractivity contribution in [2.45, 2.75) is 6.92 Å². The number of halogens is 2. The van der Waals surface area contributed by atoms with Crippen molar-refractivity contribution in [3.63, 3.8) is 0 Å². The zero-order valence-corrected chi connectivity index (χ0v) is 23.0. The summed E-state index contributed by atoms with van der Waals surface area (Å²) in [7, 11) is 0. The number of aromatic amines is 1. The van der Waals surface area contributed by atoms with Crippen molar-refractivity contribution in [1.29, 1.82) is 5.41 Å². The molecule has 42 heavy (non-hydrogen) atoms. The summed E-state index contributed by atoms with van der Waals surface area (Å²) in [6, 6.07) is 16.2. The van der Waals surface area contributed by atoms with Crippen LogP contribution in [0.2, 0.25) is 0 Å². The van der Waals surface area contributed by atoms with E-state index in [1.807, 2.05) is 23.6 Å². The molecule has 0 aliphatic rings. The highest BCUT2D eigenvalue weighted by molar-refractivity contribution is 7.13. The quantitative estimate of drug-likeness (QED) is 0.122. The van der Waals surface area contributed by atoms with Crippen molar-refractivity contribution in [3.8, 4) is 27.6 Å². The first-order valence-electron chi connectivity index (χ1n) is 12.7. The number of hydrogen-bond donors (Lipinski definition) is 3. The molecule has 0 spiro atoms. The molecule has 0 aliphatic heterocycles. The minimum atomic E-state index is -0.815. The van der Waals surface area contributed by atoms with Gasteiger partial charge in [0.05, 0.1) is 12.3 Å². The van der Waals surface area contributed by atoms with Crippen LogP contribution in [-0.2, 0) is 0 Å². The summed E-state index contributed by atoms with van der Waals surface area (Å²) in [5.41, 5.74) is 0.835. The molecular formula is C31H24F2N4O4S. The number of allylic oxidation sites excluding steroid dienone is 1. The Labute approximate surface area is 243 Å². The number of rotatable bonds is 10. The minimum absolute atomic E-state index is 0.0488. The lowest BCUT2D eigenvalue weighted by Gasteiger charge is -2.14. The molecule has 5 aromatic rings. The molecule has 0 bridgehead atoms. The monoisotopic (exact) mass is 586 g/mol. The highest BCUT2D eigenvalue weighted by atomic mass is 32.1. The number of benzene rings is 2. The Morgan fingerprint density at radius 3 is 2.60 bits per heavy atom. The van der Waals surface area contributed by atoms with Crippen molar-refractivity contribution in [2.24, 2.45) is 0 Å². The predicted molar refractivity (Wildman–Crippen MR) is 159 cm³/mol. The number of hydrogen-bond acceptors (Lipinski definition) is 6. The van der Waals surface area contributed by atoms with Gasteiger partial charge in [0, 0.05) is 52.6 Å². The smallest absolute Gasteiger partial charge is 0.271 e. The van der Waals surface area contributed by atoms with Gasteiger partial charge in [0.15, 0.2) is 17.3 Å². The Morgan fingerprint density at radius 2 is 1.90 bits per heavy atom. The zero-order valence-electron chi connectivity index (χ0n) is 22.2. The van der Waals surface area contributed by atoms with Gasteiger partial charge in [0.2, 0.25) is 0 Å². The largest absolute Gasteiger partial charge is 0.493 e. The third kappa shape index (κ3) is 5.91. The van der Waals surface area contributed by atoms with Crippen molar-refractivity contribution in [3.05, 3.63) is 124 Å². The second-order valence-electron chi connectivity index (χ2n) is 8.78. The molecule has 0 saturated heterocycles. The normalized spacial score (nSPS) is 11.3. The number of amides is 1. The summed E-state index contributed by atoms with van der Waals surface area (Å²) >= 11 is 1.53. The number of H-pyrrole nitrogens is 1. The lowest BCUT2D eigenvalue weighted by Crippen LogP contribution is -2.29. The van der Waals surface area contributed by atoms with E-state index >= 15 is 4.39 Å². The van der Waals surface area contributed by atoms with Crippen LogP contribution in [0.5, 0.6) is 11.5 Å². The number of carbonyl (C=O) groups is 1. The average Bonchev–Trinajstić information content (AvgIpc) is 3.68. The first-order chi connectivity index (χ1) is 20.4. The van der Waals surface area contributed by atoms with Crippen molar-refractivity contribution < 1.29 is 23.0 Å². The molecule has 11 heteroatoms. The molecule has 0 radical (unpaired) electrons. The van der Waals surface area contributed by atoms with E-state index in [1.165, 1.54) is 70.6 Å². The van der Waals surface area contributed by atoms with Crippen LogP contribution in [-0.4, -0.2) is 28.3 Å². The number of nitrogens with zero attached hydrogens (tertiary/aromatic N) is 1. The molecule has 3 aromatic heterocycles. The van der Waals surface area contributed by atoms with Gasteiger partial charge in [0.1, 0.15) is 17.1 Å². The molecule has 3 heterocycles. The molecular weight excluding hydrogens is 562 g/mol. The minimum Gasteiger partial charge on any atom is -0.493 e. The van der Waals surface area contributed by atoms with Gasteiger partial charge >= 0.3 is 0 Å². The summed E-state index contributed by atoms with van der Waals surface area (Å²) in [5, 5.41) is 12.0. The second-order valence-corrected chi connectivity index (χ2v) is 9.73. The van der Waals surface area contributed by atoms with Crippen LogP contribution >= 0.6 is 11.3 Å². The van der Waals surface area contributed by atoms with E-state index in [0.717, 1.165) is 22.7 Å². The van der Waals surface area contributed by atoms with Gasteiger partial charge in [-0.25, -0.2) is 8.78 Å². The number of pyridine rings is 1. The Kier molecular flexibility index (Phi) is 8.39. The molecule has 0 atom stereocenters. The Morgan fingerprint density at radius 1 is 1.10 bits per heavy atom. The molecule has 0 fully saturated rings. The average molecular weight is 587 g/mol. The van der Waals surface area contributed by atoms with Crippen LogP contribution in [0, 0.1) is 17.0 Å². The number of ether oxygens (including phenoxy) is 2. The number of carbonyl (C=O) groups excluding carboxylic acids is 1. The number of anilines is 1. The van der Waals surface area contributed by atoms with Gasteiger partial charge in [0.25, 0.3) is 11.5 Å². The fraction of sp³-hybridized carbons (Fsp3) is 0.0645. The number of thiophene rings is 1. The Hall–Kier alpha value is -5.29. The standard InChI is InChI=1S/C31H24F2N4O4S/c1-2-40-25-13-16-37(21-8-5-19(32)6-9-21)31(39)28(25)30(38)36-20-7-10-24(23(33)18-20)41-26(11-14-34)29-22(12-15-35-29)27-4-3-17-42-27/h3-18,34-35H,2H2,1H3,(H,36,38)/b26-11+,34-14?. The van der Waals surface area contributed by atoms with E-state index < -0.39 is 23.1 Å². The number of aromatic nitrogens is 2. The third-order valence-corrected chi connectivity index (χ3v) is 7.01. The predicted octanol–water partition coefficient (Wildman–Crippen LogP) is 6.89. The zero-order chi connectivity index (χ0) is 29.6. The maximum Gasteiger partial charge on any atom is 0.271 e. The number of nitrogens with one attached hydrogen (secondary N) is 3. The lowest BCUT2D eigenvalue weighted by atomic mass is 10.1. The van der Waals surface area contributed by atoms with Crippen molar-refractivity contribution >= 4 is 34.9 Å². The molecule has 0 aliphatic carbocycles. The van der Waals surface area contributed by atoms with E-state index in [-0.39, 0.29) is 35.1 Å². The van der Waals surface area contributed by atoms with E-state index in [4.69, 9.17) is 14.9 Å². The molecule has 0 unspecified atom stereocenters. The van der Waals surface area contributed by atoms with Crippen molar-refractivity contribution in [1.82, 2.24) is 9.55 Å². The molecule has 5 rings (SSSR count). The third-order valence-electron chi connectivity index (χ3n) is 6.11. The van der Waals surface area contributed by atoms with Gasteiger partial charge in [-0.2, -0.15) is 0 Å². The summed E-state index contributed by atoms with van der Waals surface area (Å²) in [6.07, 6.45) is 5.59. The fourth-order valence-corrected chi connectivity index (χ4v) is 4.99. The van der Waals surface area contributed by atoms with Crippen LogP contribution < -0.4 is 20.3 Å². The first-order valence-corrected chi connectivity index (χ1v) is 13.6. The van der Waals surface area contributed by atoms with Gasteiger partial charge in [-0.3, -0.25) is 14.2 Å². The highest BCUT2D eigenvalue weighted by Gasteiger charge is 2.21. The highest BCUT2D eigenvalue weighted by Crippen LogP contribution is 2.33. The van der Waals surface area contributed by atoms with Gasteiger partial charge in [-0.15, -0.1) is 11.3 Å². The lowest BCUT2D eigenvalue weighted by molar-refractivity contribution is 0.102. The molecule has 8 nitrogen and oxygen atoms in total. The second kappa shape index (κ2) is 12.5. The van der Waals surface area contributed by atoms with Gasteiger partial charge in [-0.1, -0.05) is 6.07 Å². The van der Waals surface area contributed by atoms with Crippen LogP contribution in [0.4, 0.5) is 14.5 Å². The topological polar surface area (TPSA) is 109 Å². The molecule has 0 saturated carbocycles. The van der Waals surface area contributed by atoms with Crippen LogP contribution in [0.3, 0.4) is 0 Å². The fourth-order valence-electron chi connectivity index (χ4n) is 4.24. The summed E-state index contributed by atoms with van der Waals surface area (Å²) < 4.78 is 41.2. The van der Waals surface area contributed by atoms with E-state index in [1.54, 1.807) is 13.1 Å². The molecule has 2 aromatic carbocycles. The Balaban J connectivity index is 1.41. The molecule has 3 N–H and O–H groups in total. The van der Waals surface area contributed by atoms with E-state index in [2.05, 4.69) is 10.3 Å². The molecule has 1 amide bonds. The van der Waals surface area contributed by atoms with Gasteiger partial charge < -0.3 is 25.2 Å². The maximum atomic E-state index is 15.2. The van der Waals surface area contributed by atoms with Crippen LogP contribution in [0.15, 0.2) is 95.4 Å². The SMILES string of the molecule is CCOc1ccn(-c2ccc(F)cc2)c(=O)c1C(=O)Nc1ccc(O/C(=C/C=N)c2[nH]ccc2-c2cccs2)c(F)c1. The summed E-state index contributed by atoms with van der Waals surface area (Å²) in [5.74, 6) is -1.93. The Bertz CT molecular complexity index is 1830. The van der Waals surface area contributed by atoms with Crippen LogP contribution in [0.25, 0.3) is 21.9 Å². The van der Waals surface area contributed by atoms with Gasteiger partial charge in [-0.05, 0) is 66.9 Å². The first kappa shape index (κ1) is 28.2. The summed E-state index contributed by atoms with van der Waals surface area (Å²) in [4.78, 5) is 30.6. The van der Waals surface area contributed by atoms with Crippen LogP contribution in [0.1, 0.15) is 23.0 Å². The van der Waals surface area contributed by atoms with E-state index in [9.17, 15) is 14.0 Å². The maximum absolute atomic E-state index is 15.2. The summed E-state index contributed by atoms with van der Waals surface area (Å²) in [6.45, 7) is 1.90. The van der Waals surface area contributed by atoms with E-state index in [0.29, 0.717) is 11.4 Å². The van der Waals surface area contributed by atoms with Crippen molar-refractivity contribution in [2.75, 3.05) is 11.9 Å². The molecule has 212 valence electrons.